The van der Waals surface area contributed by atoms with Crippen LogP contribution in [0.3, 0.4) is 0 Å². The molecule has 1 atom stereocenters. The van der Waals surface area contributed by atoms with Gasteiger partial charge in [-0.1, -0.05) is 31.5 Å². The summed E-state index contributed by atoms with van der Waals surface area (Å²) in [7, 11) is 0. The van der Waals surface area contributed by atoms with Crippen molar-refractivity contribution < 1.29 is 5.11 Å². The van der Waals surface area contributed by atoms with Crippen LogP contribution < -0.4 is 10.6 Å². The van der Waals surface area contributed by atoms with Crippen LogP contribution in [0.1, 0.15) is 19.4 Å². The van der Waals surface area contributed by atoms with E-state index >= 15 is 0 Å². The molecular formula is C21H25N5O. The van der Waals surface area contributed by atoms with Gasteiger partial charge in [-0.3, -0.25) is 4.98 Å². The first-order valence-electron chi connectivity index (χ1n) is 9.05. The minimum atomic E-state index is -0.124. The van der Waals surface area contributed by atoms with Gasteiger partial charge in [-0.15, -0.1) is 0 Å². The normalized spacial score (nSPS) is 12.0. The summed E-state index contributed by atoms with van der Waals surface area (Å²) in [5.74, 6) is 1.39. The van der Waals surface area contributed by atoms with Gasteiger partial charge in [0.1, 0.15) is 5.82 Å². The van der Waals surface area contributed by atoms with E-state index in [1.807, 2.05) is 56.3 Å². The fourth-order valence-electron chi connectivity index (χ4n) is 2.61. The molecule has 6 nitrogen and oxygen atoms in total. The third-order valence-corrected chi connectivity index (χ3v) is 4.32. The molecule has 0 spiro atoms. The van der Waals surface area contributed by atoms with E-state index in [4.69, 9.17) is 0 Å². The van der Waals surface area contributed by atoms with E-state index in [1.54, 1.807) is 12.4 Å². The van der Waals surface area contributed by atoms with Crippen LogP contribution in [0, 0.1) is 12.8 Å². The number of pyridine rings is 1. The van der Waals surface area contributed by atoms with Crippen LogP contribution in [0.25, 0.3) is 11.3 Å². The molecule has 0 unspecified atom stereocenters. The second kappa shape index (κ2) is 8.60. The third-order valence-electron chi connectivity index (χ3n) is 4.32. The number of nitrogens with one attached hydrogen (secondary N) is 2. The standard InChI is InChI=1S/C21H25N5O/c1-14(2)19(13-27)25-21-24-18(16-5-4-10-22-12-16)11-20(26-21)23-17-8-6-15(3)7-9-17/h4-12,14,19,27H,13H2,1-3H3,(H2,23,24,25,26)/t19-/m1/s1. The topological polar surface area (TPSA) is 83.0 Å². The zero-order valence-corrected chi connectivity index (χ0v) is 15.8. The molecule has 0 radical (unpaired) electrons. The minimum Gasteiger partial charge on any atom is -0.394 e. The molecular weight excluding hydrogens is 338 g/mol. The van der Waals surface area contributed by atoms with Gasteiger partial charge in [0.05, 0.1) is 18.3 Å². The lowest BCUT2D eigenvalue weighted by Crippen LogP contribution is -2.30. The molecule has 2 heterocycles. The number of anilines is 3. The van der Waals surface area contributed by atoms with Gasteiger partial charge >= 0.3 is 0 Å². The van der Waals surface area contributed by atoms with Crippen molar-refractivity contribution in [3.05, 3.63) is 60.4 Å². The van der Waals surface area contributed by atoms with Crippen LogP contribution in [-0.4, -0.2) is 32.7 Å². The van der Waals surface area contributed by atoms with E-state index in [1.165, 1.54) is 5.56 Å². The van der Waals surface area contributed by atoms with Crippen molar-refractivity contribution in [2.75, 3.05) is 17.2 Å². The maximum Gasteiger partial charge on any atom is 0.225 e. The van der Waals surface area contributed by atoms with Gasteiger partial charge in [0.25, 0.3) is 0 Å². The van der Waals surface area contributed by atoms with Crippen molar-refractivity contribution in [2.45, 2.75) is 26.8 Å². The first-order valence-corrected chi connectivity index (χ1v) is 9.05. The molecule has 0 saturated carbocycles. The number of hydrogen-bond donors (Lipinski definition) is 3. The minimum absolute atomic E-state index is 0.0128. The van der Waals surface area contributed by atoms with Crippen molar-refractivity contribution in [2.24, 2.45) is 5.92 Å². The van der Waals surface area contributed by atoms with Gasteiger partial charge in [0, 0.05) is 29.7 Å². The molecule has 0 aliphatic rings. The SMILES string of the molecule is Cc1ccc(Nc2cc(-c3cccnc3)nc(N[C@H](CO)C(C)C)n2)cc1. The Labute approximate surface area is 159 Å². The Kier molecular flexibility index (Phi) is 5.98. The van der Waals surface area contributed by atoms with E-state index < -0.39 is 0 Å². The second-order valence-electron chi connectivity index (χ2n) is 6.87. The first-order chi connectivity index (χ1) is 13.0. The van der Waals surface area contributed by atoms with Crippen LogP contribution >= 0.6 is 0 Å². The molecule has 140 valence electrons. The summed E-state index contributed by atoms with van der Waals surface area (Å²) in [6.07, 6.45) is 3.50. The second-order valence-corrected chi connectivity index (χ2v) is 6.87. The van der Waals surface area contributed by atoms with E-state index in [9.17, 15) is 5.11 Å². The van der Waals surface area contributed by atoms with Crippen molar-refractivity contribution >= 4 is 17.5 Å². The average molecular weight is 363 g/mol. The van der Waals surface area contributed by atoms with Crippen molar-refractivity contribution in [1.29, 1.82) is 0 Å². The molecule has 3 rings (SSSR count). The maximum atomic E-state index is 9.63. The van der Waals surface area contributed by atoms with E-state index in [0.29, 0.717) is 11.8 Å². The van der Waals surface area contributed by atoms with Gasteiger partial charge < -0.3 is 15.7 Å². The monoisotopic (exact) mass is 363 g/mol. The number of nitrogens with zero attached hydrogens (tertiary/aromatic N) is 3. The fourth-order valence-corrected chi connectivity index (χ4v) is 2.61. The summed E-state index contributed by atoms with van der Waals surface area (Å²) >= 11 is 0. The van der Waals surface area contributed by atoms with Gasteiger partial charge in [-0.05, 0) is 37.1 Å². The molecule has 0 bridgehead atoms. The Morgan fingerprint density at radius 1 is 1.07 bits per heavy atom. The number of aliphatic hydroxyl groups is 1. The molecule has 6 heteroatoms. The van der Waals surface area contributed by atoms with Gasteiger partial charge in [0.2, 0.25) is 5.95 Å². The molecule has 3 aromatic rings. The zero-order valence-electron chi connectivity index (χ0n) is 15.8. The molecule has 0 amide bonds. The summed E-state index contributed by atoms with van der Waals surface area (Å²) in [5, 5.41) is 16.2. The van der Waals surface area contributed by atoms with E-state index in [0.717, 1.165) is 16.9 Å². The van der Waals surface area contributed by atoms with Crippen LogP contribution in [0.4, 0.5) is 17.5 Å². The highest BCUT2D eigenvalue weighted by molar-refractivity contribution is 5.67. The predicted molar refractivity (Wildman–Crippen MR) is 109 cm³/mol. The van der Waals surface area contributed by atoms with Gasteiger partial charge in [0.15, 0.2) is 0 Å². The lowest BCUT2D eigenvalue weighted by molar-refractivity contribution is 0.248. The maximum absolute atomic E-state index is 9.63. The summed E-state index contributed by atoms with van der Waals surface area (Å²) in [6.45, 7) is 6.16. The highest BCUT2D eigenvalue weighted by Crippen LogP contribution is 2.24. The molecule has 0 saturated heterocycles. The number of aryl methyl sites for hydroxylation is 1. The average Bonchev–Trinajstić information content (AvgIpc) is 2.68. The molecule has 27 heavy (non-hydrogen) atoms. The summed E-state index contributed by atoms with van der Waals surface area (Å²) in [4.78, 5) is 13.4. The smallest absolute Gasteiger partial charge is 0.225 e. The third kappa shape index (κ3) is 5.01. The largest absolute Gasteiger partial charge is 0.394 e. The van der Waals surface area contributed by atoms with E-state index in [2.05, 4.69) is 32.5 Å². The van der Waals surface area contributed by atoms with Crippen molar-refractivity contribution in [3.63, 3.8) is 0 Å². The molecule has 2 aromatic heterocycles. The van der Waals surface area contributed by atoms with Crippen LogP contribution in [0.5, 0.6) is 0 Å². The quantitative estimate of drug-likeness (QED) is 0.588. The Bertz CT molecular complexity index is 866. The zero-order chi connectivity index (χ0) is 19.2. The van der Waals surface area contributed by atoms with Crippen molar-refractivity contribution in [1.82, 2.24) is 15.0 Å². The number of aliphatic hydroxyl groups excluding tert-OH is 1. The highest BCUT2D eigenvalue weighted by Gasteiger charge is 2.15. The molecule has 1 aromatic carbocycles. The van der Waals surface area contributed by atoms with Crippen LogP contribution in [-0.2, 0) is 0 Å². The summed E-state index contributed by atoms with van der Waals surface area (Å²) in [5.41, 5.74) is 3.81. The van der Waals surface area contributed by atoms with Gasteiger partial charge in [-0.25, -0.2) is 4.98 Å². The molecule has 0 fully saturated rings. The number of benzene rings is 1. The number of rotatable bonds is 7. The van der Waals surface area contributed by atoms with Gasteiger partial charge in [-0.2, -0.15) is 4.98 Å². The Morgan fingerprint density at radius 2 is 1.85 bits per heavy atom. The lowest BCUT2D eigenvalue weighted by Gasteiger charge is -2.20. The summed E-state index contributed by atoms with van der Waals surface area (Å²) < 4.78 is 0. The van der Waals surface area contributed by atoms with Crippen LogP contribution in [0.15, 0.2) is 54.9 Å². The fraction of sp³-hybridized carbons (Fsp3) is 0.286. The summed E-state index contributed by atoms with van der Waals surface area (Å²) in [6, 6.07) is 13.7. The van der Waals surface area contributed by atoms with E-state index in [-0.39, 0.29) is 18.6 Å². The molecule has 3 N–H and O–H groups in total. The number of hydrogen-bond acceptors (Lipinski definition) is 6. The lowest BCUT2D eigenvalue weighted by atomic mass is 10.1. The van der Waals surface area contributed by atoms with Crippen molar-refractivity contribution in [3.8, 4) is 11.3 Å². The molecule has 0 aliphatic heterocycles. The highest BCUT2D eigenvalue weighted by atomic mass is 16.3. The Balaban J connectivity index is 1.96. The first kappa shape index (κ1) is 18.8. The Hall–Kier alpha value is -2.99. The predicted octanol–water partition coefficient (Wildman–Crippen LogP) is 4.02. The Morgan fingerprint density at radius 3 is 2.48 bits per heavy atom. The number of aromatic nitrogens is 3. The molecule has 0 aliphatic carbocycles. The van der Waals surface area contributed by atoms with Crippen LogP contribution in [0.2, 0.25) is 0 Å².